The van der Waals surface area contributed by atoms with Gasteiger partial charge in [-0.1, -0.05) is 12.1 Å². The number of fused-ring (bicyclic) bond motifs is 1. The molecule has 1 aliphatic rings. The summed E-state index contributed by atoms with van der Waals surface area (Å²) in [5, 5.41) is 8.99. The molecular formula is C26H25F3N6O3. The smallest absolute Gasteiger partial charge is 0.416 e. The molecule has 3 N–H and O–H groups in total. The van der Waals surface area contributed by atoms with E-state index < -0.39 is 11.7 Å². The molecule has 0 bridgehead atoms. The third-order valence-corrected chi connectivity index (χ3v) is 6.18. The van der Waals surface area contributed by atoms with Crippen molar-refractivity contribution >= 4 is 28.7 Å². The Kier molecular flexibility index (Phi) is 7.14. The normalized spacial score (nSPS) is 14.4. The monoisotopic (exact) mass is 526 g/mol. The lowest BCUT2D eigenvalue weighted by Crippen LogP contribution is -2.31. The quantitative estimate of drug-likeness (QED) is 0.291. The molecule has 1 aliphatic heterocycles. The number of hydrogen-bond donors (Lipinski definition) is 3. The van der Waals surface area contributed by atoms with E-state index in [1.165, 1.54) is 19.3 Å². The molecule has 0 saturated carbocycles. The van der Waals surface area contributed by atoms with Gasteiger partial charge in [0.25, 0.3) is 0 Å². The number of piperidine rings is 1. The molecule has 198 valence electrons. The van der Waals surface area contributed by atoms with E-state index in [0.717, 1.165) is 38.1 Å². The Bertz CT molecular complexity index is 1450. The van der Waals surface area contributed by atoms with E-state index in [4.69, 9.17) is 9.15 Å². The number of ether oxygens (including phenoxy) is 1. The molecular weight excluding hydrogens is 501 g/mol. The first kappa shape index (κ1) is 25.5. The number of oxazole rings is 1. The van der Waals surface area contributed by atoms with Gasteiger partial charge in [-0.3, -0.25) is 10.1 Å². The molecule has 38 heavy (non-hydrogen) atoms. The zero-order valence-electron chi connectivity index (χ0n) is 20.4. The van der Waals surface area contributed by atoms with Crippen LogP contribution in [-0.4, -0.2) is 40.5 Å². The number of benzene rings is 2. The maximum absolute atomic E-state index is 13.5. The van der Waals surface area contributed by atoms with E-state index in [9.17, 15) is 18.0 Å². The minimum atomic E-state index is -4.48. The predicted octanol–water partition coefficient (Wildman–Crippen LogP) is 5.47. The van der Waals surface area contributed by atoms with Crippen molar-refractivity contribution < 1.29 is 27.1 Å². The minimum absolute atomic E-state index is 0.0288. The highest BCUT2D eigenvalue weighted by Crippen LogP contribution is 2.37. The lowest BCUT2D eigenvalue weighted by molar-refractivity contribution is -0.137. The summed E-state index contributed by atoms with van der Waals surface area (Å²) in [6.07, 6.45) is -1.30. The molecule has 1 saturated heterocycles. The van der Waals surface area contributed by atoms with Gasteiger partial charge in [0.2, 0.25) is 11.8 Å². The van der Waals surface area contributed by atoms with Crippen molar-refractivity contribution in [2.75, 3.05) is 30.3 Å². The molecule has 0 atom stereocenters. The second-order valence-corrected chi connectivity index (χ2v) is 8.98. The van der Waals surface area contributed by atoms with E-state index in [1.54, 1.807) is 24.3 Å². The lowest BCUT2D eigenvalue weighted by atomic mass is 9.97. The van der Waals surface area contributed by atoms with Crippen molar-refractivity contribution in [1.82, 2.24) is 20.3 Å². The number of nitrogens with one attached hydrogen (secondary N) is 3. The summed E-state index contributed by atoms with van der Waals surface area (Å²) in [6, 6.07) is 10.2. The summed E-state index contributed by atoms with van der Waals surface area (Å²) >= 11 is 0. The minimum Gasteiger partial charge on any atom is -0.436 e. The van der Waals surface area contributed by atoms with Crippen LogP contribution in [0.1, 0.15) is 25.3 Å². The highest BCUT2D eigenvalue weighted by atomic mass is 19.4. The first-order valence-electron chi connectivity index (χ1n) is 12.1. The van der Waals surface area contributed by atoms with Gasteiger partial charge in [0.05, 0.1) is 11.3 Å². The maximum Gasteiger partial charge on any atom is 0.416 e. The third kappa shape index (κ3) is 5.86. The number of halogens is 3. The number of rotatable bonds is 7. The van der Waals surface area contributed by atoms with E-state index in [1.807, 2.05) is 0 Å². The lowest BCUT2D eigenvalue weighted by Gasteiger charge is -2.24. The van der Waals surface area contributed by atoms with Crippen LogP contribution in [0.25, 0.3) is 22.4 Å². The molecule has 5 rings (SSSR count). The summed E-state index contributed by atoms with van der Waals surface area (Å²) in [7, 11) is 0. The Labute approximate surface area is 215 Å². The molecule has 1 amide bonds. The molecule has 0 spiro atoms. The van der Waals surface area contributed by atoms with E-state index in [-0.39, 0.29) is 17.8 Å². The molecule has 2 aromatic heterocycles. The van der Waals surface area contributed by atoms with Gasteiger partial charge in [0.1, 0.15) is 6.33 Å². The van der Waals surface area contributed by atoms with Gasteiger partial charge in [-0.05, 0) is 56.1 Å². The summed E-state index contributed by atoms with van der Waals surface area (Å²) in [5.41, 5.74) is 1.24. The van der Waals surface area contributed by atoms with Crippen molar-refractivity contribution in [2.24, 2.45) is 5.92 Å². The molecule has 4 aromatic rings. The number of carbonyl (C=O) groups is 1. The second kappa shape index (κ2) is 10.7. The number of anilines is 2. The Morgan fingerprint density at radius 1 is 1.16 bits per heavy atom. The number of carbonyl (C=O) groups excluding carboxylic acids is 1. The van der Waals surface area contributed by atoms with E-state index in [2.05, 4.69) is 30.9 Å². The van der Waals surface area contributed by atoms with Crippen molar-refractivity contribution in [3.8, 4) is 22.9 Å². The van der Waals surface area contributed by atoms with Crippen LogP contribution in [0, 0.1) is 5.92 Å². The van der Waals surface area contributed by atoms with Gasteiger partial charge in [0.15, 0.2) is 16.8 Å². The molecule has 0 aliphatic carbocycles. The number of nitrogens with zero attached hydrogens (tertiary/aromatic N) is 3. The fraction of sp³-hybridized carbons (Fsp3) is 0.308. The molecule has 3 heterocycles. The van der Waals surface area contributed by atoms with Crippen LogP contribution in [0.2, 0.25) is 0 Å². The topological polar surface area (TPSA) is 114 Å². The van der Waals surface area contributed by atoms with Crippen LogP contribution in [0.3, 0.4) is 0 Å². The van der Waals surface area contributed by atoms with Gasteiger partial charge < -0.3 is 19.8 Å². The number of hydrogen-bond acceptors (Lipinski definition) is 8. The Morgan fingerprint density at radius 3 is 2.74 bits per heavy atom. The first-order valence-corrected chi connectivity index (χ1v) is 12.1. The number of aromatic nitrogens is 3. The standard InChI is InChI=1S/C26H25F3N6O3/c1-15(36)34-25-35-24-21(3-2-4-22(24)38-25)37-23-12-20(32-14-33-23)18-6-5-17(26(27,28)29)11-19(18)31-13-16-7-9-30-10-8-16/h2-6,11-12,14,16,30-31H,7-10,13H2,1H3,(H,34,35,36). The summed E-state index contributed by atoms with van der Waals surface area (Å²) in [5.74, 6) is 0.508. The largest absolute Gasteiger partial charge is 0.436 e. The van der Waals surface area contributed by atoms with Crippen LogP contribution < -0.4 is 20.7 Å². The van der Waals surface area contributed by atoms with Gasteiger partial charge >= 0.3 is 12.2 Å². The molecule has 9 nitrogen and oxygen atoms in total. The predicted molar refractivity (Wildman–Crippen MR) is 135 cm³/mol. The fourth-order valence-corrected chi connectivity index (χ4v) is 4.30. The van der Waals surface area contributed by atoms with E-state index >= 15 is 0 Å². The van der Waals surface area contributed by atoms with Gasteiger partial charge in [0, 0.05) is 30.8 Å². The van der Waals surface area contributed by atoms with Crippen molar-refractivity contribution in [3.05, 3.63) is 54.4 Å². The Morgan fingerprint density at radius 2 is 1.97 bits per heavy atom. The number of amides is 1. The van der Waals surface area contributed by atoms with Crippen LogP contribution in [-0.2, 0) is 11.0 Å². The van der Waals surface area contributed by atoms with Crippen LogP contribution >= 0.6 is 0 Å². The van der Waals surface area contributed by atoms with Crippen molar-refractivity contribution in [3.63, 3.8) is 0 Å². The zero-order valence-corrected chi connectivity index (χ0v) is 20.4. The molecule has 0 unspecified atom stereocenters. The average molecular weight is 527 g/mol. The Balaban J connectivity index is 1.44. The van der Waals surface area contributed by atoms with Crippen LogP contribution in [0.5, 0.6) is 11.6 Å². The van der Waals surface area contributed by atoms with Gasteiger partial charge in [-0.15, -0.1) is 0 Å². The van der Waals surface area contributed by atoms with Crippen molar-refractivity contribution in [1.29, 1.82) is 0 Å². The van der Waals surface area contributed by atoms with E-state index in [0.29, 0.717) is 46.3 Å². The van der Waals surface area contributed by atoms with Gasteiger partial charge in [-0.25, -0.2) is 9.97 Å². The maximum atomic E-state index is 13.5. The zero-order chi connectivity index (χ0) is 26.7. The highest BCUT2D eigenvalue weighted by molar-refractivity contribution is 5.89. The highest BCUT2D eigenvalue weighted by Gasteiger charge is 2.31. The second-order valence-electron chi connectivity index (χ2n) is 8.98. The van der Waals surface area contributed by atoms with Crippen LogP contribution in [0.4, 0.5) is 24.9 Å². The molecule has 2 aromatic carbocycles. The summed E-state index contributed by atoms with van der Waals surface area (Å²) in [4.78, 5) is 24.1. The third-order valence-electron chi connectivity index (χ3n) is 6.18. The number of alkyl halides is 3. The Hall–Kier alpha value is -4.19. The molecule has 1 fully saturated rings. The molecule has 0 radical (unpaired) electrons. The summed E-state index contributed by atoms with van der Waals surface area (Å²) < 4.78 is 51.9. The van der Waals surface area contributed by atoms with Crippen molar-refractivity contribution in [2.45, 2.75) is 25.9 Å². The van der Waals surface area contributed by atoms with Crippen LogP contribution in [0.15, 0.2) is 53.2 Å². The SMILES string of the molecule is CC(=O)Nc1nc2c(Oc3cc(-c4ccc(C(F)(F)F)cc4NCC4CCNCC4)ncn3)cccc2o1. The summed E-state index contributed by atoms with van der Waals surface area (Å²) in [6.45, 7) is 3.67. The first-order chi connectivity index (χ1) is 18.3. The fourth-order valence-electron chi connectivity index (χ4n) is 4.30. The number of para-hydroxylation sites is 1. The average Bonchev–Trinajstić information content (AvgIpc) is 3.30. The van der Waals surface area contributed by atoms with Gasteiger partial charge in [-0.2, -0.15) is 18.2 Å². The molecule has 12 heteroatoms.